The molecule has 0 bridgehead atoms. The van der Waals surface area contributed by atoms with Crippen molar-refractivity contribution >= 4 is 17.4 Å². The Morgan fingerprint density at radius 3 is 2.65 bits per heavy atom. The van der Waals surface area contributed by atoms with Crippen molar-refractivity contribution in [3.05, 3.63) is 89.5 Å². The van der Waals surface area contributed by atoms with Gasteiger partial charge in [-0.05, 0) is 47.7 Å². The first-order valence-corrected chi connectivity index (χ1v) is 11.9. The van der Waals surface area contributed by atoms with E-state index < -0.39 is 0 Å². The SMILES string of the molecule is CCC(Cc1ccccc1)NC1OC1c1ccc2c(c1)NC1OC1c1ccccc1S2. The van der Waals surface area contributed by atoms with Gasteiger partial charge < -0.3 is 14.8 Å². The van der Waals surface area contributed by atoms with Gasteiger partial charge in [0.1, 0.15) is 18.4 Å². The summed E-state index contributed by atoms with van der Waals surface area (Å²) in [6, 6.07) is 26.3. The Bertz CT molecular complexity index is 1090. The molecule has 2 saturated heterocycles. The van der Waals surface area contributed by atoms with Crippen molar-refractivity contribution in [3.8, 4) is 0 Å². The van der Waals surface area contributed by atoms with Crippen molar-refractivity contribution < 1.29 is 9.47 Å². The zero-order valence-corrected chi connectivity index (χ0v) is 18.3. The van der Waals surface area contributed by atoms with Gasteiger partial charge in [0.05, 0.1) is 5.69 Å². The van der Waals surface area contributed by atoms with Gasteiger partial charge in [0.25, 0.3) is 0 Å². The smallest absolute Gasteiger partial charge is 0.159 e. The van der Waals surface area contributed by atoms with Crippen LogP contribution in [0.5, 0.6) is 0 Å². The maximum Gasteiger partial charge on any atom is 0.159 e. The molecule has 5 heteroatoms. The van der Waals surface area contributed by atoms with Crippen LogP contribution in [0.25, 0.3) is 0 Å². The molecule has 0 amide bonds. The van der Waals surface area contributed by atoms with Crippen LogP contribution in [0.4, 0.5) is 5.69 Å². The van der Waals surface area contributed by atoms with E-state index in [0.717, 1.165) is 18.5 Å². The first-order chi connectivity index (χ1) is 15.3. The first-order valence-electron chi connectivity index (χ1n) is 11.1. The molecule has 3 aliphatic heterocycles. The maximum atomic E-state index is 6.04. The van der Waals surface area contributed by atoms with E-state index in [1.54, 1.807) is 11.8 Å². The Morgan fingerprint density at radius 1 is 0.935 bits per heavy atom. The van der Waals surface area contributed by atoms with Gasteiger partial charge in [-0.2, -0.15) is 0 Å². The fraction of sp³-hybridized carbons (Fsp3) is 0.308. The van der Waals surface area contributed by atoms with Crippen LogP contribution in [0.2, 0.25) is 0 Å². The average Bonchev–Trinajstić information content (AvgIpc) is 3.71. The molecule has 2 N–H and O–H groups in total. The van der Waals surface area contributed by atoms with Crippen LogP contribution < -0.4 is 10.6 Å². The maximum absolute atomic E-state index is 6.04. The standard InChI is InChI=1S/C26H26N2O2S/c1-2-18(14-16-8-4-3-5-9-16)27-25-23(29-25)17-12-13-22-20(15-17)28-26-24(30-26)19-10-6-7-11-21(19)31-22/h3-13,15,18,23-28H,2,14H2,1H3. The highest BCUT2D eigenvalue weighted by Gasteiger charge is 2.44. The van der Waals surface area contributed by atoms with Crippen molar-refractivity contribution in [2.45, 2.75) is 60.3 Å². The van der Waals surface area contributed by atoms with E-state index in [1.807, 2.05) is 0 Å². The molecule has 6 rings (SSSR count). The second kappa shape index (κ2) is 7.99. The van der Waals surface area contributed by atoms with Gasteiger partial charge in [-0.3, -0.25) is 5.32 Å². The quantitative estimate of drug-likeness (QED) is 0.494. The molecular weight excluding hydrogens is 404 g/mol. The molecule has 0 aromatic heterocycles. The second-order valence-electron chi connectivity index (χ2n) is 8.46. The van der Waals surface area contributed by atoms with Gasteiger partial charge in [-0.1, -0.05) is 73.3 Å². The van der Waals surface area contributed by atoms with E-state index in [0.29, 0.717) is 6.04 Å². The van der Waals surface area contributed by atoms with Crippen LogP contribution in [0.3, 0.4) is 0 Å². The molecule has 5 atom stereocenters. The third-order valence-corrected chi connectivity index (χ3v) is 7.44. The average molecular weight is 431 g/mol. The molecular formula is C26H26N2O2S. The lowest BCUT2D eigenvalue weighted by atomic mass is 10.0. The Hall–Kier alpha value is -2.31. The number of ether oxygens (including phenoxy) is 2. The lowest BCUT2D eigenvalue weighted by Gasteiger charge is -2.17. The van der Waals surface area contributed by atoms with Crippen molar-refractivity contribution in [2.24, 2.45) is 0 Å². The fourth-order valence-corrected chi connectivity index (χ4v) is 5.46. The summed E-state index contributed by atoms with van der Waals surface area (Å²) in [5.41, 5.74) is 4.99. The minimum absolute atomic E-state index is 0.0560. The number of epoxide rings is 2. The summed E-state index contributed by atoms with van der Waals surface area (Å²) in [4.78, 5) is 2.50. The Morgan fingerprint density at radius 2 is 1.77 bits per heavy atom. The molecule has 3 aliphatic rings. The molecule has 0 saturated carbocycles. The zero-order valence-electron chi connectivity index (χ0n) is 17.5. The Kier molecular flexibility index (Phi) is 4.99. The van der Waals surface area contributed by atoms with Gasteiger partial charge in [0.2, 0.25) is 0 Å². The van der Waals surface area contributed by atoms with Crippen molar-refractivity contribution in [2.75, 3.05) is 5.32 Å². The van der Waals surface area contributed by atoms with Gasteiger partial charge >= 0.3 is 0 Å². The number of hydrogen-bond donors (Lipinski definition) is 2. The predicted octanol–water partition coefficient (Wildman–Crippen LogP) is 5.67. The largest absolute Gasteiger partial charge is 0.357 e. The molecule has 3 heterocycles. The molecule has 158 valence electrons. The van der Waals surface area contributed by atoms with Gasteiger partial charge in [0, 0.05) is 15.8 Å². The second-order valence-corrected chi connectivity index (χ2v) is 9.54. The summed E-state index contributed by atoms with van der Waals surface area (Å²) in [5, 5.41) is 7.28. The molecule has 31 heavy (non-hydrogen) atoms. The van der Waals surface area contributed by atoms with Crippen LogP contribution in [0, 0.1) is 0 Å². The van der Waals surface area contributed by atoms with Crippen molar-refractivity contribution in [3.63, 3.8) is 0 Å². The highest BCUT2D eigenvalue weighted by Crippen LogP contribution is 2.50. The predicted molar refractivity (Wildman–Crippen MR) is 123 cm³/mol. The molecule has 0 radical (unpaired) electrons. The zero-order chi connectivity index (χ0) is 20.8. The van der Waals surface area contributed by atoms with E-state index in [4.69, 9.17) is 9.47 Å². The van der Waals surface area contributed by atoms with Crippen LogP contribution in [-0.2, 0) is 15.9 Å². The lowest BCUT2D eigenvalue weighted by Crippen LogP contribution is -2.33. The minimum Gasteiger partial charge on any atom is -0.357 e. The number of nitrogens with one attached hydrogen (secondary N) is 2. The molecule has 0 aliphatic carbocycles. The summed E-state index contributed by atoms with van der Waals surface area (Å²) in [7, 11) is 0. The molecule has 2 fully saturated rings. The van der Waals surface area contributed by atoms with Crippen LogP contribution in [0.1, 0.15) is 42.2 Å². The number of anilines is 1. The summed E-state index contributed by atoms with van der Waals surface area (Å²) in [5.74, 6) is 0. The van der Waals surface area contributed by atoms with Crippen molar-refractivity contribution in [1.29, 1.82) is 0 Å². The lowest BCUT2D eigenvalue weighted by molar-refractivity contribution is 0.322. The third kappa shape index (κ3) is 3.99. The number of benzene rings is 3. The van der Waals surface area contributed by atoms with E-state index in [2.05, 4.69) is 90.4 Å². The molecule has 4 nitrogen and oxygen atoms in total. The number of fused-ring (bicyclic) bond motifs is 4. The normalized spacial score (nSPS) is 26.4. The van der Waals surface area contributed by atoms with Gasteiger partial charge in [-0.15, -0.1) is 0 Å². The highest BCUT2D eigenvalue weighted by molar-refractivity contribution is 7.99. The minimum atomic E-state index is 0.0560. The Labute approximate surface area is 187 Å². The van der Waals surface area contributed by atoms with Gasteiger partial charge in [0.15, 0.2) is 6.23 Å². The molecule has 3 aromatic rings. The summed E-state index contributed by atoms with van der Waals surface area (Å²) < 4.78 is 12.0. The fourth-order valence-electron chi connectivity index (χ4n) is 4.41. The monoisotopic (exact) mass is 430 g/mol. The van der Waals surface area contributed by atoms with Gasteiger partial charge in [-0.25, -0.2) is 0 Å². The van der Waals surface area contributed by atoms with E-state index in [-0.39, 0.29) is 24.7 Å². The third-order valence-electron chi connectivity index (χ3n) is 6.28. The first kappa shape index (κ1) is 19.4. The van der Waals surface area contributed by atoms with E-state index >= 15 is 0 Å². The molecule has 0 spiro atoms. The van der Waals surface area contributed by atoms with Crippen LogP contribution in [-0.4, -0.2) is 18.5 Å². The topological polar surface area (TPSA) is 49.1 Å². The van der Waals surface area contributed by atoms with E-state index in [1.165, 1.54) is 26.5 Å². The molecule has 5 unspecified atom stereocenters. The molecule has 3 aromatic carbocycles. The Balaban J connectivity index is 1.16. The van der Waals surface area contributed by atoms with Crippen molar-refractivity contribution in [1.82, 2.24) is 5.32 Å². The number of rotatable bonds is 6. The summed E-state index contributed by atoms with van der Waals surface area (Å²) >= 11 is 1.81. The van der Waals surface area contributed by atoms with E-state index in [9.17, 15) is 0 Å². The summed E-state index contributed by atoms with van der Waals surface area (Å²) in [6.07, 6.45) is 2.49. The summed E-state index contributed by atoms with van der Waals surface area (Å²) in [6.45, 7) is 2.23. The highest BCUT2D eigenvalue weighted by atomic mass is 32.2. The number of hydrogen-bond acceptors (Lipinski definition) is 5. The van der Waals surface area contributed by atoms with Crippen LogP contribution in [0.15, 0.2) is 82.6 Å². The van der Waals surface area contributed by atoms with Crippen LogP contribution >= 0.6 is 11.8 Å².